The third kappa shape index (κ3) is 3.96. The maximum absolute atomic E-state index is 13.2. The van der Waals surface area contributed by atoms with Crippen molar-refractivity contribution in [1.82, 2.24) is 14.9 Å². The van der Waals surface area contributed by atoms with Gasteiger partial charge in [-0.15, -0.1) is 0 Å². The van der Waals surface area contributed by atoms with E-state index in [4.69, 9.17) is 4.74 Å². The first kappa shape index (κ1) is 20.8. The fourth-order valence-corrected chi connectivity index (χ4v) is 3.76. The number of anilines is 1. The zero-order chi connectivity index (χ0) is 22.0. The van der Waals surface area contributed by atoms with E-state index in [0.29, 0.717) is 43.9 Å². The van der Waals surface area contributed by atoms with E-state index >= 15 is 0 Å². The highest BCUT2D eigenvalue weighted by Gasteiger charge is 2.27. The number of hydrogen-bond donors (Lipinski definition) is 3. The van der Waals surface area contributed by atoms with E-state index in [1.165, 1.54) is 16.7 Å². The lowest BCUT2D eigenvalue weighted by atomic mass is 10.0. The molecule has 0 atom stereocenters. The summed E-state index contributed by atoms with van der Waals surface area (Å²) in [4.78, 5) is 30.0. The molecule has 1 aliphatic heterocycles. The van der Waals surface area contributed by atoms with E-state index in [2.05, 4.69) is 15.6 Å². The van der Waals surface area contributed by atoms with Crippen molar-refractivity contribution < 1.29 is 19.0 Å². The van der Waals surface area contributed by atoms with Crippen LogP contribution in [0.3, 0.4) is 0 Å². The number of carbonyl (C=O) groups excluding carboxylic acids is 1. The van der Waals surface area contributed by atoms with Crippen LogP contribution in [0.1, 0.15) is 28.4 Å². The average molecular weight is 426 g/mol. The molecular weight excluding hydrogens is 403 g/mol. The number of rotatable bonds is 7. The average Bonchev–Trinajstić information content (AvgIpc) is 2.77. The summed E-state index contributed by atoms with van der Waals surface area (Å²) < 4.78 is 19.9. The van der Waals surface area contributed by atoms with Crippen molar-refractivity contribution in [3.8, 4) is 5.75 Å². The van der Waals surface area contributed by atoms with Gasteiger partial charge in [-0.3, -0.25) is 14.6 Å². The molecule has 31 heavy (non-hydrogen) atoms. The predicted octanol–water partition coefficient (Wildman–Crippen LogP) is 2.02. The van der Waals surface area contributed by atoms with Crippen LogP contribution in [-0.2, 0) is 17.7 Å². The van der Waals surface area contributed by atoms with Gasteiger partial charge in [0.15, 0.2) is 5.75 Å². The summed E-state index contributed by atoms with van der Waals surface area (Å²) in [6.07, 6.45) is 2.07. The molecule has 0 radical (unpaired) electrons. The summed E-state index contributed by atoms with van der Waals surface area (Å²) in [7, 11) is 0. The van der Waals surface area contributed by atoms with Crippen molar-refractivity contribution in [3.05, 3.63) is 63.3 Å². The number of pyridine rings is 2. The van der Waals surface area contributed by atoms with Crippen molar-refractivity contribution in [1.29, 1.82) is 0 Å². The maximum atomic E-state index is 13.2. The van der Waals surface area contributed by atoms with E-state index in [0.717, 1.165) is 11.1 Å². The van der Waals surface area contributed by atoms with Crippen LogP contribution in [0.15, 0.2) is 35.3 Å². The molecule has 2 aromatic heterocycles. The van der Waals surface area contributed by atoms with E-state index in [1.807, 2.05) is 6.92 Å². The lowest BCUT2D eigenvalue weighted by molar-refractivity contribution is 0.0918. The van der Waals surface area contributed by atoms with Crippen molar-refractivity contribution in [3.63, 3.8) is 0 Å². The van der Waals surface area contributed by atoms with Gasteiger partial charge in [0.25, 0.3) is 11.5 Å². The molecule has 3 N–H and O–H groups in total. The van der Waals surface area contributed by atoms with Crippen molar-refractivity contribution >= 4 is 22.6 Å². The summed E-state index contributed by atoms with van der Waals surface area (Å²) in [5.41, 5.74) is 2.11. The van der Waals surface area contributed by atoms with Gasteiger partial charge in [0.05, 0.1) is 17.8 Å². The minimum atomic E-state index is -0.662. The van der Waals surface area contributed by atoms with Crippen LogP contribution in [0.5, 0.6) is 5.75 Å². The van der Waals surface area contributed by atoms with Crippen LogP contribution < -0.4 is 16.2 Å². The van der Waals surface area contributed by atoms with Crippen molar-refractivity contribution in [2.45, 2.75) is 19.9 Å². The molecule has 0 fully saturated rings. The van der Waals surface area contributed by atoms with E-state index in [-0.39, 0.29) is 23.4 Å². The number of amides is 1. The second kappa shape index (κ2) is 8.73. The number of halogens is 1. The van der Waals surface area contributed by atoms with Crippen LogP contribution in [-0.4, -0.2) is 46.9 Å². The molecule has 1 amide bonds. The summed E-state index contributed by atoms with van der Waals surface area (Å²) in [6.45, 7) is 3.71. The smallest absolute Gasteiger partial charge is 0.267 e. The molecule has 0 bridgehead atoms. The standard InChI is InChI=1S/C22H23FN4O4/c1-2-31-10-8-25-21(29)16-20(28)18-19-17(24-7-9-27(19)22(16)30)14(12-26-18)11-13-3-5-15(23)6-4-13/h3-6,12,24,28H,2,7-11H2,1H3,(H,25,29). The van der Waals surface area contributed by atoms with Crippen LogP contribution >= 0.6 is 0 Å². The molecule has 162 valence electrons. The fraction of sp³-hybridized carbons (Fsp3) is 0.318. The lowest BCUT2D eigenvalue weighted by Crippen LogP contribution is -2.37. The van der Waals surface area contributed by atoms with Gasteiger partial charge >= 0.3 is 0 Å². The molecule has 0 spiro atoms. The fourth-order valence-electron chi connectivity index (χ4n) is 3.76. The lowest BCUT2D eigenvalue weighted by Gasteiger charge is -2.24. The summed E-state index contributed by atoms with van der Waals surface area (Å²) in [5.74, 6) is -1.42. The van der Waals surface area contributed by atoms with Gasteiger partial charge in [0.1, 0.15) is 16.9 Å². The number of hydrogen-bond acceptors (Lipinski definition) is 6. The molecule has 9 heteroatoms. The molecule has 1 aromatic carbocycles. The molecule has 0 unspecified atom stereocenters. The number of nitrogens with zero attached hydrogens (tertiary/aromatic N) is 2. The van der Waals surface area contributed by atoms with Crippen molar-refractivity contribution in [2.75, 3.05) is 31.6 Å². The molecular formula is C22H23FN4O4. The van der Waals surface area contributed by atoms with E-state index in [1.54, 1.807) is 18.3 Å². The number of benzene rings is 1. The number of ether oxygens (including phenoxy) is 1. The normalized spacial score (nSPS) is 12.6. The van der Waals surface area contributed by atoms with Crippen LogP contribution in [0.25, 0.3) is 11.0 Å². The van der Waals surface area contributed by atoms with Gasteiger partial charge in [0, 0.05) is 44.4 Å². The SMILES string of the molecule is CCOCCNC(=O)c1c(O)c2ncc(Cc3ccc(F)cc3)c3c2n(c1=O)CCN3. The van der Waals surface area contributed by atoms with Gasteiger partial charge < -0.3 is 25.0 Å². The highest BCUT2D eigenvalue weighted by Crippen LogP contribution is 2.34. The maximum Gasteiger partial charge on any atom is 0.267 e. The Kier molecular flexibility index (Phi) is 5.85. The Labute approximate surface area is 177 Å². The van der Waals surface area contributed by atoms with E-state index in [9.17, 15) is 19.1 Å². The number of carbonyl (C=O) groups is 1. The topological polar surface area (TPSA) is 105 Å². The Morgan fingerprint density at radius 2 is 2.13 bits per heavy atom. The van der Waals surface area contributed by atoms with Gasteiger partial charge in [0.2, 0.25) is 0 Å². The van der Waals surface area contributed by atoms with E-state index < -0.39 is 17.2 Å². The van der Waals surface area contributed by atoms with Gasteiger partial charge in [-0.1, -0.05) is 12.1 Å². The van der Waals surface area contributed by atoms with Crippen molar-refractivity contribution in [2.24, 2.45) is 0 Å². The quantitative estimate of drug-likeness (QED) is 0.499. The zero-order valence-corrected chi connectivity index (χ0v) is 17.1. The Bertz CT molecular complexity index is 1190. The summed E-state index contributed by atoms with van der Waals surface area (Å²) >= 11 is 0. The van der Waals surface area contributed by atoms with Crippen LogP contribution in [0, 0.1) is 5.82 Å². The minimum absolute atomic E-state index is 0.180. The highest BCUT2D eigenvalue weighted by atomic mass is 19.1. The van der Waals surface area contributed by atoms with Gasteiger partial charge in [-0.05, 0) is 24.6 Å². The predicted molar refractivity (Wildman–Crippen MR) is 114 cm³/mol. The Hall–Kier alpha value is -3.46. The molecule has 3 heterocycles. The zero-order valence-electron chi connectivity index (χ0n) is 17.1. The molecule has 8 nitrogen and oxygen atoms in total. The summed E-state index contributed by atoms with van der Waals surface area (Å²) in [5, 5.41) is 16.6. The molecule has 3 aromatic rings. The number of nitrogens with one attached hydrogen (secondary N) is 2. The minimum Gasteiger partial charge on any atom is -0.505 e. The third-order valence-corrected chi connectivity index (χ3v) is 5.23. The molecule has 0 saturated heterocycles. The first-order valence-corrected chi connectivity index (χ1v) is 10.1. The molecule has 0 aliphatic carbocycles. The summed E-state index contributed by atoms with van der Waals surface area (Å²) in [6, 6.07) is 6.16. The molecule has 0 saturated carbocycles. The second-order valence-electron chi connectivity index (χ2n) is 7.22. The highest BCUT2D eigenvalue weighted by molar-refractivity contribution is 6.04. The van der Waals surface area contributed by atoms with Crippen LogP contribution in [0.2, 0.25) is 0 Å². The largest absolute Gasteiger partial charge is 0.505 e. The molecule has 1 aliphatic rings. The van der Waals surface area contributed by atoms with Gasteiger partial charge in [-0.25, -0.2) is 4.39 Å². The Morgan fingerprint density at radius 1 is 1.35 bits per heavy atom. The third-order valence-electron chi connectivity index (χ3n) is 5.23. The second-order valence-corrected chi connectivity index (χ2v) is 7.22. The molecule has 4 rings (SSSR count). The Morgan fingerprint density at radius 3 is 2.87 bits per heavy atom. The monoisotopic (exact) mass is 426 g/mol. The number of aromatic hydroxyl groups is 1. The first-order valence-electron chi connectivity index (χ1n) is 10.1. The number of aromatic nitrogens is 2. The first-order chi connectivity index (χ1) is 15.0. The van der Waals surface area contributed by atoms with Gasteiger partial charge in [-0.2, -0.15) is 0 Å². The van der Waals surface area contributed by atoms with Crippen LogP contribution in [0.4, 0.5) is 10.1 Å². The Balaban J connectivity index is 1.76.